The molecule has 1 aliphatic heterocycles. The number of hydrogen-bond donors (Lipinski definition) is 0. The number of ether oxygens (including phenoxy) is 4. The third kappa shape index (κ3) is 6.34. The van der Waals surface area contributed by atoms with Gasteiger partial charge in [-0.25, -0.2) is 0 Å². The van der Waals surface area contributed by atoms with Gasteiger partial charge in [-0.15, -0.1) is 0 Å². The maximum Gasteiger partial charge on any atom is 0.160 e. The van der Waals surface area contributed by atoms with Gasteiger partial charge >= 0.3 is 0 Å². The maximum absolute atomic E-state index is 6.42. The van der Waals surface area contributed by atoms with Crippen molar-refractivity contribution in [2.75, 3.05) is 40.5 Å². The molecular formula is C24H39NO4. The molecule has 0 N–H and O–H groups in total. The van der Waals surface area contributed by atoms with Gasteiger partial charge < -0.3 is 18.9 Å². The Labute approximate surface area is 176 Å². The van der Waals surface area contributed by atoms with Gasteiger partial charge in [0.15, 0.2) is 11.5 Å². The topological polar surface area (TPSA) is 40.2 Å². The van der Waals surface area contributed by atoms with Crippen molar-refractivity contribution in [1.29, 1.82) is 0 Å². The van der Waals surface area contributed by atoms with Crippen LogP contribution in [0.15, 0.2) is 18.2 Å². The average molecular weight is 406 g/mol. The summed E-state index contributed by atoms with van der Waals surface area (Å²) in [7, 11) is 3.35. The van der Waals surface area contributed by atoms with Crippen molar-refractivity contribution in [2.24, 2.45) is 0 Å². The third-order valence-electron chi connectivity index (χ3n) is 6.34. The van der Waals surface area contributed by atoms with Gasteiger partial charge in [-0.1, -0.05) is 32.3 Å². The Morgan fingerprint density at radius 1 is 0.966 bits per heavy atom. The SMILES string of the molecule is CCCCO[C@H]1CCN([C@@H]2CCCC[C@H]2OCCc2ccc(OC)c(OC)c2)C1. The highest BCUT2D eigenvalue weighted by atomic mass is 16.5. The van der Waals surface area contributed by atoms with Gasteiger partial charge in [0.2, 0.25) is 0 Å². The number of benzene rings is 1. The minimum absolute atomic E-state index is 0.346. The van der Waals surface area contributed by atoms with Crippen molar-refractivity contribution >= 4 is 0 Å². The standard InChI is InChI=1S/C24H39NO4/c1-4-5-15-28-20-12-14-25(18-20)21-8-6-7-9-22(21)29-16-13-19-10-11-23(26-2)24(17-19)27-3/h10-11,17,20-22H,4-9,12-16,18H2,1-3H3/t20-,21+,22+/m0/s1. The third-order valence-corrected chi connectivity index (χ3v) is 6.34. The first-order valence-electron chi connectivity index (χ1n) is 11.4. The number of hydrogen-bond acceptors (Lipinski definition) is 5. The van der Waals surface area contributed by atoms with E-state index in [0.717, 1.165) is 44.2 Å². The minimum atomic E-state index is 0.346. The molecule has 0 aromatic heterocycles. The van der Waals surface area contributed by atoms with Gasteiger partial charge in [0, 0.05) is 25.7 Å². The summed E-state index contributed by atoms with van der Waals surface area (Å²) in [5, 5.41) is 0. The second kappa shape index (κ2) is 11.8. The van der Waals surface area contributed by atoms with Gasteiger partial charge in [0.05, 0.1) is 33.0 Å². The zero-order valence-corrected chi connectivity index (χ0v) is 18.5. The zero-order chi connectivity index (χ0) is 20.5. The summed E-state index contributed by atoms with van der Waals surface area (Å²) in [5.41, 5.74) is 1.22. The molecule has 1 aliphatic carbocycles. The molecule has 3 rings (SSSR count). The van der Waals surface area contributed by atoms with Crippen LogP contribution in [-0.4, -0.2) is 63.7 Å². The van der Waals surface area contributed by atoms with E-state index in [1.54, 1.807) is 14.2 Å². The van der Waals surface area contributed by atoms with Crippen molar-refractivity contribution in [2.45, 2.75) is 76.5 Å². The van der Waals surface area contributed by atoms with E-state index in [1.165, 1.54) is 50.5 Å². The Kier molecular flexibility index (Phi) is 9.09. The van der Waals surface area contributed by atoms with Crippen LogP contribution in [0.3, 0.4) is 0 Å². The van der Waals surface area contributed by atoms with E-state index in [4.69, 9.17) is 18.9 Å². The highest BCUT2D eigenvalue weighted by molar-refractivity contribution is 5.42. The van der Waals surface area contributed by atoms with E-state index >= 15 is 0 Å². The fourth-order valence-electron chi connectivity index (χ4n) is 4.64. The highest BCUT2D eigenvalue weighted by Gasteiger charge is 2.35. The number of methoxy groups -OCH3 is 2. The quantitative estimate of drug-likeness (QED) is 0.508. The fourth-order valence-corrected chi connectivity index (χ4v) is 4.64. The first-order chi connectivity index (χ1) is 14.2. The minimum Gasteiger partial charge on any atom is -0.493 e. The molecule has 0 unspecified atom stereocenters. The summed E-state index contributed by atoms with van der Waals surface area (Å²) < 4.78 is 23.2. The van der Waals surface area contributed by atoms with Crippen LogP contribution in [0.5, 0.6) is 11.5 Å². The van der Waals surface area contributed by atoms with E-state index in [0.29, 0.717) is 18.2 Å². The number of nitrogens with zero attached hydrogens (tertiary/aromatic N) is 1. The summed E-state index contributed by atoms with van der Waals surface area (Å²) in [5.74, 6) is 1.56. The van der Waals surface area contributed by atoms with Crippen LogP contribution in [0.2, 0.25) is 0 Å². The van der Waals surface area contributed by atoms with Crippen molar-refractivity contribution in [3.05, 3.63) is 23.8 Å². The molecule has 0 amide bonds. The van der Waals surface area contributed by atoms with Crippen LogP contribution in [0, 0.1) is 0 Å². The summed E-state index contributed by atoms with van der Waals surface area (Å²) in [6, 6.07) is 6.68. The lowest BCUT2D eigenvalue weighted by Gasteiger charge is -2.37. The summed E-state index contributed by atoms with van der Waals surface area (Å²) in [6.45, 7) is 6.10. The Balaban J connectivity index is 1.48. The van der Waals surface area contributed by atoms with Crippen molar-refractivity contribution in [3.63, 3.8) is 0 Å². The normalized spacial score (nSPS) is 25.3. The Morgan fingerprint density at radius 3 is 2.59 bits per heavy atom. The Morgan fingerprint density at radius 2 is 1.79 bits per heavy atom. The van der Waals surface area contributed by atoms with Gasteiger partial charge in [-0.2, -0.15) is 0 Å². The van der Waals surface area contributed by atoms with E-state index in [9.17, 15) is 0 Å². The van der Waals surface area contributed by atoms with Gasteiger partial charge in [-0.3, -0.25) is 4.90 Å². The second-order valence-electron chi connectivity index (χ2n) is 8.33. The molecule has 0 radical (unpaired) electrons. The molecule has 2 fully saturated rings. The smallest absolute Gasteiger partial charge is 0.160 e. The average Bonchev–Trinajstić information content (AvgIpc) is 3.23. The van der Waals surface area contributed by atoms with Crippen molar-refractivity contribution < 1.29 is 18.9 Å². The monoisotopic (exact) mass is 405 g/mol. The molecule has 1 heterocycles. The van der Waals surface area contributed by atoms with Gasteiger partial charge in [0.25, 0.3) is 0 Å². The molecule has 1 saturated heterocycles. The van der Waals surface area contributed by atoms with Gasteiger partial charge in [0.1, 0.15) is 0 Å². The molecule has 2 aliphatic rings. The lowest BCUT2D eigenvalue weighted by Crippen LogP contribution is -2.46. The van der Waals surface area contributed by atoms with Crippen molar-refractivity contribution in [3.8, 4) is 11.5 Å². The summed E-state index contributed by atoms with van der Waals surface area (Å²) >= 11 is 0. The van der Waals surface area contributed by atoms with E-state index in [1.807, 2.05) is 6.07 Å². The lowest BCUT2D eigenvalue weighted by atomic mass is 9.91. The van der Waals surface area contributed by atoms with E-state index in [-0.39, 0.29) is 0 Å². The molecule has 1 saturated carbocycles. The van der Waals surface area contributed by atoms with E-state index < -0.39 is 0 Å². The summed E-state index contributed by atoms with van der Waals surface area (Å²) in [6.07, 6.45) is 10.2. The molecule has 5 heteroatoms. The van der Waals surface area contributed by atoms with Crippen LogP contribution >= 0.6 is 0 Å². The fraction of sp³-hybridized carbons (Fsp3) is 0.750. The van der Waals surface area contributed by atoms with Crippen LogP contribution in [0.25, 0.3) is 0 Å². The highest BCUT2D eigenvalue weighted by Crippen LogP contribution is 2.30. The first-order valence-corrected chi connectivity index (χ1v) is 11.4. The molecule has 0 spiro atoms. The molecule has 164 valence electrons. The number of rotatable bonds is 11. The molecule has 5 nitrogen and oxygen atoms in total. The first kappa shape index (κ1) is 22.4. The maximum atomic E-state index is 6.42. The number of likely N-dealkylation sites (tertiary alicyclic amines) is 1. The van der Waals surface area contributed by atoms with Crippen LogP contribution in [0.4, 0.5) is 0 Å². The molecule has 1 aromatic rings. The predicted molar refractivity (Wildman–Crippen MR) is 116 cm³/mol. The molecule has 1 aromatic carbocycles. The predicted octanol–water partition coefficient (Wildman–Crippen LogP) is 4.47. The van der Waals surface area contributed by atoms with Crippen molar-refractivity contribution in [1.82, 2.24) is 4.90 Å². The molecule has 0 bridgehead atoms. The zero-order valence-electron chi connectivity index (χ0n) is 18.5. The Bertz CT molecular complexity index is 609. The number of unbranched alkanes of at least 4 members (excludes halogenated alkanes) is 1. The van der Waals surface area contributed by atoms with Gasteiger partial charge in [-0.05, 0) is 49.8 Å². The lowest BCUT2D eigenvalue weighted by molar-refractivity contribution is -0.0345. The van der Waals surface area contributed by atoms with Crippen LogP contribution in [-0.2, 0) is 15.9 Å². The second-order valence-corrected chi connectivity index (χ2v) is 8.33. The molecule has 3 atom stereocenters. The summed E-state index contributed by atoms with van der Waals surface area (Å²) in [4.78, 5) is 2.64. The van der Waals surface area contributed by atoms with Crippen LogP contribution < -0.4 is 9.47 Å². The Hall–Kier alpha value is -1.30. The molecule has 29 heavy (non-hydrogen) atoms. The largest absolute Gasteiger partial charge is 0.493 e. The van der Waals surface area contributed by atoms with Crippen LogP contribution in [0.1, 0.15) is 57.4 Å². The molecular weight excluding hydrogens is 366 g/mol. The van der Waals surface area contributed by atoms with E-state index in [2.05, 4.69) is 24.0 Å².